The highest BCUT2D eigenvalue weighted by atomic mass is 16.6. The first-order chi connectivity index (χ1) is 7.65. The molecule has 0 saturated heterocycles. The van der Waals surface area contributed by atoms with Crippen LogP contribution in [0.4, 0.5) is 11.5 Å². The minimum atomic E-state index is -1.03. The van der Waals surface area contributed by atoms with Crippen LogP contribution in [-0.2, 0) is 0 Å². The molecule has 0 atom stereocenters. The van der Waals surface area contributed by atoms with Gasteiger partial charge in [0.15, 0.2) is 0 Å². The predicted molar refractivity (Wildman–Crippen MR) is 64.9 cm³/mol. The van der Waals surface area contributed by atoms with Crippen molar-refractivity contribution in [1.82, 2.24) is 4.98 Å². The first-order valence-electron chi connectivity index (χ1n) is 5.25. The Hall–Kier alpha value is -1.69. The molecule has 0 unspecified atom stereocenters. The van der Waals surface area contributed by atoms with E-state index in [9.17, 15) is 15.2 Å². The summed E-state index contributed by atoms with van der Waals surface area (Å²) in [5, 5.41) is 23.7. The number of pyridine rings is 1. The maximum Gasteiger partial charge on any atom is 0.386 e. The number of hydrogen-bond acceptors (Lipinski definition) is 5. The lowest BCUT2D eigenvalue weighted by Crippen LogP contribution is -2.51. The van der Waals surface area contributed by atoms with Gasteiger partial charge in [-0.15, -0.1) is 0 Å². The summed E-state index contributed by atoms with van der Waals surface area (Å²) in [4.78, 5) is 13.9. The molecule has 2 N–H and O–H groups in total. The Morgan fingerprint density at radius 3 is 2.47 bits per heavy atom. The van der Waals surface area contributed by atoms with Gasteiger partial charge >= 0.3 is 5.82 Å². The van der Waals surface area contributed by atoms with Crippen LogP contribution in [0.1, 0.15) is 27.7 Å². The van der Waals surface area contributed by atoms with Crippen molar-refractivity contribution in [1.29, 1.82) is 0 Å². The number of hydrogen-bond donors (Lipinski definition) is 2. The lowest BCUT2D eigenvalue weighted by atomic mass is 9.86. The molecule has 0 saturated carbocycles. The zero-order valence-corrected chi connectivity index (χ0v) is 10.4. The second-order valence-electron chi connectivity index (χ2n) is 4.94. The molecular weight excluding hydrogens is 222 g/mol. The van der Waals surface area contributed by atoms with Gasteiger partial charge in [-0.3, -0.25) is 0 Å². The smallest absolute Gasteiger partial charge is 0.386 e. The summed E-state index contributed by atoms with van der Waals surface area (Å²) < 4.78 is 0. The van der Waals surface area contributed by atoms with E-state index in [1.807, 2.05) is 0 Å². The Kier molecular flexibility index (Phi) is 3.38. The van der Waals surface area contributed by atoms with Gasteiger partial charge in [0.05, 0.1) is 11.1 Å². The van der Waals surface area contributed by atoms with Crippen LogP contribution < -0.4 is 5.32 Å². The van der Waals surface area contributed by atoms with Gasteiger partial charge in [0.2, 0.25) is 0 Å². The summed E-state index contributed by atoms with van der Waals surface area (Å²) in [5.41, 5.74) is -1.46. The molecule has 0 radical (unpaired) electrons. The van der Waals surface area contributed by atoms with Crippen LogP contribution in [0.25, 0.3) is 0 Å². The summed E-state index contributed by atoms with van der Waals surface area (Å²) in [5.74, 6) is -0.246. The van der Waals surface area contributed by atoms with Crippen LogP contribution in [-0.4, -0.2) is 26.2 Å². The van der Waals surface area contributed by atoms with Crippen molar-refractivity contribution in [2.24, 2.45) is 0 Å². The average molecular weight is 239 g/mol. The third kappa shape index (κ3) is 2.91. The van der Waals surface area contributed by atoms with Crippen LogP contribution in [0, 0.1) is 10.1 Å². The summed E-state index contributed by atoms with van der Waals surface area (Å²) in [6.45, 7) is 6.82. The van der Waals surface area contributed by atoms with E-state index in [1.54, 1.807) is 39.8 Å². The molecule has 0 fully saturated rings. The minimum absolute atomic E-state index is 0.246. The molecule has 1 aromatic heterocycles. The molecule has 17 heavy (non-hydrogen) atoms. The summed E-state index contributed by atoms with van der Waals surface area (Å²) in [6, 6.07) is 3.18. The number of anilines is 1. The van der Waals surface area contributed by atoms with Crippen LogP contribution in [0.5, 0.6) is 0 Å². The van der Waals surface area contributed by atoms with E-state index in [4.69, 9.17) is 0 Å². The van der Waals surface area contributed by atoms with Gasteiger partial charge in [0, 0.05) is 0 Å². The lowest BCUT2D eigenvalue weighted by Gasteiger charge is -2.38. The third-order valence-corrected chi connectivity index (χ3v) is 2.94. The highest BCUT2D eigenvalue weighted by Crippen LogP contribution is 2.29. The van der Waals surface area contributed by atoms with Gasteiger partial charge in [-0.05, 0) is 49.7 Å². The van der Waals surface area contributed by atoms with E-state index in [0.717, 1.165) is 0 Å². The van der Waals surface area contributed by atoms with Crippen molar-refractivity contribution < 1.29 is 10.0 Å². The summed E-state index contributed by atoms with van der Waals surface area (Å²) >= 11 is 0. The molecule has 0 aliphatic heterocycles. The quantitative estimate of drug-likeness (QED) is 0.619. The van der Waals surface area contributed by atoms with Gasteiger partial charge in [0.1, 0.15) is 11.9 Å². The number of rotatable bonds is 4. The molecule has 0 aromatic carbocycles. The lowest BCUT2D eigenvalue weighted by molar-refractivity contribution is -0.388. The van der Waals surface area contributed by atoms with E-state index in [2.05, 4.69) is 10.3 Å². The largest absolute Gasteiger partial charge is 0.388 e. The van der Waals surface area contributed by atoms with Crippen molar-refractivity contribution in [3.05, 3.63) is 28.4 Å². The molecule has 6 nitrogen and oxygen atoms in total. The standard InChI is InChI=1S/C11H17N3O3/c1-10(2,11(3,4)15)13-8-6-5-7-12-9(8)14(16)17/h5-7,13,15H,1-4H3. The number of aromatic nitrogens is 1. The number of nitrogens with zero attached hydrogens (tertiary/aromatic N) is 2. The fourth-order valence-corrected chi connectivity index (χ4v) is 1.13. The molecule has 0 amide bonds. The van der Waals surface area contributed by atoms with Gasteiger partial charge in [0.25, 0.3) is 0 Å². The third-order valence-electron chi connectivity index (χ3n) is 2.94. The Bertz CT molecular complexity index is 424. The topological polar surface area (TPSA) is 88.3 Å². The van der Waals surface area contributed by atoms with Crippen molar-refractivity contribution in [3.63, 3.8) is 0 Å². The van der Waals surface area contributed by atoms with Gasteiger partial charge in [-0.1, -0.05) is 0 Å². The van der Waals surface area contributed by atoms with Crippen LogP contribution in [0.3, 0.4) is 0 Å². The zero-order chi connectivity index (χ0) is 13.3. The average Bonchev–Trinajstić information content (AvgIpc) is 2.15. The Balaban J connectivity index is 3.08. The highest BCUT2D eigenvalue weighted by Gasteiger charge is 2.36. The van der Waals surface area contributed by atoms with E-state index in [-0.39, 0.29) is 5.82 Å². The number of nitrogens with one attached hydrogen (secondary N) is 1. The van der Waals surface area contributed by atoms with Crippen molar-refractivity contribution in [3.8, 4) is 0 Å². The molecular formula is C11H17N3O3. The van der Waals surface area contributed by atoms with Crippen LogP contribution in [0.15, 0.2) is 18.3 Å². The summed E-state index contributed by atoms with van der Waals surface area (Å²) in [6.07, 6.45) is 1.36. The molecule has 0 bridgehead atoms. The van der Waals surface area contributed by atoms with Gasteiger partial charge in [-0.25, -0.2) is 0 Å². The fraction of sp³-hybridized carbons (Fsp3) is 0.545. The molecule has 1 aromatic rings. The number of nitro groups is 1. The maximum atomic E-state index is 10.8. The second-order valence-corrected chi connectivity index (χ2v) is 4.94. The molecule has 0 spiro atoms. The van der Waals surface area contributed by atoms with Crippen molar-refractivity contribution in [2.75, 3.05) is 5.32 Å². The van der Waals surface area contributed by atoms with Crippen LogP contribution >= 0.6 is 0 Å². The predicted octanol–water partition coefficient (Wildman–Crippen LogP) is 1.95. The Labute approximate surface area is 99.8 Å². The Morgan fingerprint density at radius 2 is 2.00 bits per heavy atom. The van der Waals surface area contributed by atoms with E-state index in [1.165, 1.54) is 6.20 Å². The molecule has 1 rings (SSSR count). The normalized spacial score (nSPS) is 12.3. The SMILES string of the molecule is CC(C)(O)C(C)(C)Nc1cccnc1[N+](=O)[O-]. The number of aliphatic hydroxyl groups is 1. The first kappa shape index (κ1) is 13.4. The molecule has 0 aliphatic rings. The molecule has 6 heteroatoms. The van der Waals surface area contributed by atoms with E-state index < -0.39 is 16.1 Å². The molecule has 0 aliphatic carbocycles. The second kappa shape index (κ2) is 4.29. The van der Waals surface area contributed by atoms with Crippen LogP contribution in [0.2, 0.25) is 0 Å². The summed E-state index contributed by atoms with van der Waals surface area (Å²) in [7, 11) is 0. The molecule has 1 heterocycles. The zero-order valence-electron chi connectivity index (χ0n) is 10.4. The van der Waals surface area contributed by atoms with Gasteiger partial charge < -0.3 is 20.5 Å². The fourth-order valence-electron chi connectivity index (χ4n) is 1.13. The van der Waals surface area contributed by atoms with Crippen molar-refractivity contribution >= 4 is 11.5 Å². The Morgan fingerprint density at radius 1 is 1.41 bits per heavy atom. The first-order valence-corrected chi connectivity index (χ1v) is 5.25. The van der Waals surface area contributed by atoms with Crippen molar-refractivity contribution in [2.45, 2.75) is 38.8 Å². The maximum absolute atomic E-state index is 10.8. The van der Waals surface area contributed by atoms with E-state index >= 15 is 0 Å². The minimum Gasteiger partial charge on any atom is -0.388 e. The highest BCUT2D eigenvalue weighted by molar-refractivity contribution is 5.58. The molecule has 94 valence electrons. The van der Waals surface area contributed by atoms with Gasteiger partial charge in [-0.2, -0.15) is 0 Å². The monoisotopic (exact) mass is 239 g/mol. The van der Waals surface area contributed by atoms with E-state index in [0.29, 0.717) is 5.69 Å².